The van der Waals surface area contributed by atoms with Gasteiger partial charge in [-0.3, -0.25) is 0 Å². The van der Waals surface area contributed by atoms with Crippen LogP contribution in [-0.2, 0) is 74.2 Å². The van der Waals surface area contributed by atoms with Gasteiger partial charge in [-0.1, -0.05) is 0 Å². The minimum Gasteiger partial charge on any atom is -1.00 e. The van der Waals surface area contributed by atoms with E-state index in [0.29, 0.717) is 0 Å². The van der Waals surface area contributed by atoms with E-state index in [0.717, 1.165) is 0 Å². The van der Waals surface area contributed by atoms with Gasteiger partial charge in [0.05, 0.1) is 0 Å². The Kier molecular flexibility index (Phi) is 6450. The van der Waals surface area contributed by atoms with Gasteiger partial charge in [0, 0.05) is 74.2 Å². The zero-order chi connectivity index (χ0) is 0. The predicted octanol–water partition coefficient (Wildman–Crippen LogP) is -59.9. The monoisotopic (exact) mass is 1120 g/mol. The molecule has 0 aliphatic carbocycles. The van der Waals surface area contributed by atoms with Crippen molar-refractivity contribution in [2.75, 3.05) is 0 Å². The van der Waals surface area contributed by atoms with Gasteiger partial charge in [-0.2, -0.15) is 0 Å². The minimum absolute atomic E-state index is 0. The van der Waals surface area contributed by atoms with Gasteiger partial charge in [-0.25, -0.2) is 0 Å². The summed E-state index contributed by atoms with van der Waals surface area (Å²) in [4.78, 5) is 0. The molecule has 180 valence electrons. The first-order valence-corrected chi connectivity index (χ1v) is 0. The second-order valence-electron chi connectivity index (χ2n) is 0. The normalized spacial score (nSPS) is 0. The van der Waals surface area contributed by atoms with E-state index in [-0.39, 0.29) is 345 Å². The Labute approximate surface area is 338 Å². The fourth-order valence-corrected chi connectivity index (χ4v) is 0. The van der Waals surface area contributed by atoms with E-state index < -0.39 is 0 Å². The first-order valence-electron chi connectivity index (χ1n) is 0. The Hall–Kier alpha value is 9.09. The van der Waals surface area contributed by atoms with Gasteiger partial charge in [0.15, 0.2) is 0 Å². The summed E-state index contributed by atoms with van der Waals surface area (Å²) >= 11 is 0. The molecule has 0 rings (SSSR count). The molecule has 0 unspecified atom stereocenters. The maximum Gasteiger partial charge on any atom is 0 e. The predicted molar refractivity (Wildman–Crippen MR) is 0 cm³/mol. The van der Waals surface area contributed by atoms with E-state index in [4.69, 9.17) is 0 Å². The fraction of sp³-hybridized carbons (Fsp3) is 0. The van der Waals surface area contributed by atoms with E-state index in [9.17, 15) is 0 Å². The average molecular weight is 1140 g/mol. The minimum atomic E-state index is 0. The summed E-state index contributed by atoms with van der Waals surface area (Å²) in [6.45, 7) is 0. The quantitative estimate of drug-likeness (QED) is 0.227. The third-order valence-corrected chi connectivity index (χ3v) is 0. The Morgan fingerprint density at radius 3 is 0.125 bits per heavy atom. The molecule has 0 aromatic rings. The average Bonchev–Trinajstić information content (AvgIpc) is 0. The number of rotatable bonds is 0. The molecular formula is Br5Cl15V4-20. The van der Waals surface area contributed by atoms with Crippen LogP contribution < -0.4 is 271 Å². The van der Waals surface area contributed by atoms with Crippen molar-refractivity contribution in [3.8, 4) is 0 Å². The Morgan fingerprint density at radius 1 is 0.125 bits per heavy atom. The van der Waals surface area contributed by atoms with Crippen LogP contribution in [0.2, 0.25) is 0 Å². The van der Waals surface area contributed by atoms with Crippen molar-refractivity contribution in [3.63, 3.8) is 0 Å². The van der Waals surface area contributed by atoms with Crippen molar-refractivity contribution < 1.29 is 345 Å². The van der Waals surface area contributed by atoms with Crippen LogP contribution in [0.4, 0.5) is 0 Å². The van der Waals surface area contributed by atoms with Gasteiger partial charge in [0.1, 0.15) is 0 Å². The van der Waals surface area contributed by atoms with E-state index in [2.05, 4.69) is 0 Å². The van der Waals surface area contributed by atoms with Crippen LogP contribution in [0.3, 0.4) is 0 Å². The Bertz CT molecular complexity index is 31.8. The van der Waals surface area contributed by atoms with Crippen LogP contribution in [0.15, 0.2) is 0 Å². The second kappa shape index (κ2) is 375. The molecule has 24 heteroatoms. The molecule has 0 bridgehead atoms. The molecule has 0 N–H and O–H groups in total. The third-order valence-electron chi connectivity index (χ3n) is 0. The molecule has 0 aliphatic rings. The van der Waals surface area contributed by atoms with Crippen LogP contribution >= 0.6 is 0 Å². The summed E-state index contributed by atoms with van der Waals surface area (Å²) in [5.41, 5.74) is 0. The van der Waals surface area contributed by atoms with Crippen LogP contribution in [0.1, 0.15) is 0 Å². The molecule has 0 aromatic carbocycles. The van der Waals surface area contributed by atoms with Crippen molar-refractivity contribution in [1.82, 2.24) is 0 Å². The van der Waals surface area contributed by atoms with Gasteiger partial charge in [0.2, 0.25) is 0 Å². The molecule has 0 atom stereocenters. The van der Waals surface area contributed by atoms with E-state index in [1.165, 1.54) is 0 Å². The first kappa shape index (κ1) is 413. The molecule has 0 fully saturated rings. The molecular weight excluding hydrogens is 1140 g/mol. The molecule has 4 radical (unpaired) electrons. The third kappa shape index (κ3) is 341. The van der Waals surface area contributed by atoms with Gasteiger partial charge in [-0.05, 0) is 0 Å². The first-order chi connectivity index (χ1) is 0. The van der Waals surface area contributed by atoms with Crippen LogP contribution in [0.25, 0.3) is 0 Å². The van der Waals surface area contributed by atoms with Crippen LogP contribution in [-0.4, -0.2) is 0 Å². The number of halogens is 20. The molecule has 0 nitrogen and oxygen atoms in total. The van der Waals surface area contributed by atoms with E-state index in [1.807, 2.05) is 0 Å². The molecule has 0 saturated heterocycles. The smallest absolute Gasteiger partial charge is 0 e. The van der Waals surface area contributed by atoms with Gasteiger partial charge in [0.25, 0.3) is 0 Å². The number of hydrogen-bond acceptors (Lipinski definition) is 0. The largest absolute Gasteiger partial charge is 1.00 e. The van der Waals surface area contributed by atoms with E-state index in [1.54, 1.807) is 0 Å². The Morgan fingerprint density at radius 2 is 0.125 bits per heavy atom. The van der Waals surface area contributed by atoms with Crippen molar-refractivity contribution in [3.05, 3.63) is 0 Å². The zero-order valence-corrected chi connectivity index (χ0v) is 34.2. The van der Waals surface area contributed by atoms with Crippen LogP contribution in [0.5, 0.6) is 0 Å². The van der Waals surface area contributed by atoms with Gasteiger partial charge in [-0.15, -0.1) is 0 Å². The molecule has 0 aromatic heterocycles. The molecule has 0 spiro atoms. The van der Waals surface area contributed by atoms with Gasteiger partial charge >= 0.3 is 0 Å². The summed E-state index contributed by atoms with van der Waals surface area (Å²) in [5, 5.41) is 0. The van der Waals surface area contributed by atoms with Gasteiger partial charge < -0.3 is 271 Å². The molecule has 24 heavy (non-hydrogen) atoms. The standard InChI is InChI=1S/5BrH.15ClH.4V/h20*1H;;;;/p-20. The molecule has 0 heterocycles. The summed E-state index contributed by atoms with van der Waals surface area (Å²) < 4.78 is 0. The molecule has 0 amide bonds. The van der Waals surface area contributed by atoms with Crippen molar-refractivity contribution >= 4 is 0 Å². The molecule has 0 aliphatic heterocycles. The topological polar surface area (TPSA) is 0 Å². The van der Waals surface area contributed by atoms with Crippen molar-refractivity contribution in [2.24, 2.45) is 0 Å². The maximum atomic E-state index is 0. The maximum absolute atomic E-state index is 0. The fourth-order valence-electron chi connectivity index (χ4n) is 0. The summed E-state index contributed by atoms with van der Waals surface area (Å²) in [6.07, 6.45) is 0. The molecule has 0 saturated carbocycles. The second-order valence-corrected chi connectivity index (χ2v) is 0. The zero-order valence-electron chi connectivity index (χ0n) is 9.35. The van der Waals surface area contributed by atoms with E-state index >= 15 is 0 Å². The summed E-state index contributed by atoms with van der Waals surface area (Å²) in [6, 6.07) is 0. The summed E-state index contributed by atoms with van der Waals surface area (Å²) in [5.74, 6) is 0. The summed E-state index contributed by atoms with van der Waals surface area (Å²) in [7, 11) is 0. The number of hydrogen-bond donors (Lipinski definition) is 0. The van der Waals surface area contributed by atoms with Crippen LogP contribution in [0, 0.1) is 0 Å². The Balaban J connectivity index is 0. The van der Waals surface area contributed by atoms with Crippen molar-refractivity contribution in [1.29, 1.82) is 0 Å². The SMILES string of the molecule is [Br-].[Br-].[Br-].[Br-].[Br-].[Cl-].[Cl-].[Cl-].[Cl-].[Cl-].[Cl-].[Cl-].[Cl-].[Cl-].[Cl-].[Cl-].[Cl-].[Cl-].[Cl-].[Cl-].[V].[V].[V].[V]. The van der Waals surface area contributed by atoms with Crippen molar-refractivity contribution in [2.45, 2.75) is 0 Å².